The normalized spacial score (nSPS) is 11.4. The zero-order valence-corrected chi connectivity index (χ0v) is 35.1. The molecule has 0 aliphatic rings. The van der Waals surface area contributed by atoms with E-state index in [0.717, 1.165) is 22.7 Å². The van der Waals surface area contributed by atoms with Gasteiger partial charge in [0.1, 0.15) is 0 Å². The standard InChI is InChI=1S/C62H42N2/c1-2-14-43(15-3-1)48-20-12-21-49(40-48)45-28-34-53(35-29-45)64-61-26-11-10-25-58(61)59-39-33-51(42-62(59)64)56-23-9-8-22-55(56)47-31-36-52(37-32-47)63(54-38-30-44-16-4-5-18-50(44)41-54)60-27-13-19-46-17-6-7-24-57(46)60/h1-42H. The van der Waals surface area contributed by atoms with E-state index in [1.54, 1.807) is 0 Å². The van der Waals surface area contributed by atoms with Gasteiger partial charge in [0.25, 0.3) is 0 Å². The molecule has 0 aliphatic carbocycles. The van der Waals surface area contributed by atoms with Crippen LogP contribution in [0.4, 0.5) is 17.1 Å². The number of nitrogens with zero attached hydrogens (tertiary/aromatic N) is 2. The average molecular weight is 815 g/mol. The number of benzene rings is 11. The molecule has 11 aromatic carbocycles. The van der Waals surface area contributed by atoms with Crippen LogP contribution in [0, 0.1) is 0 Å². The molecule has 12 aromatic rings. The SMILES string of the molecule is c1ccc(-c2cccc(-c3ccc(-n4c5ccccc5c5ccc(-c6ccccc6-c6ccc(N(c7ccc8ccccc8c7)c7cccc8ccccc78)cc6)cc54)cc3)c2)cc1. The monoisotopic (exact) mass is 814 g/mol. The van der Waals surface area contributed by atoms with Crippen LogP contribution in [0.2, 0.25) is 0 Å². The molecule has 0 bridgehead atoms. The lowest BCUT2D eigenvalue weighted by Gasteiger charge is -2.27. The molecule has 0 atom stereocenters. The summed E-state index contributed by atoms with van der Waals surface area (Å²) in [4.78, 5) is 2.39. The van der Waals surface area contributed by atoms with Crippen molar-refractivity contribution < 1.29 is 0 Å². The Kier molecular flexibility index (Phi) is 9.20. The van der Waals surface area contributed by atoms with Crippen LogP contribution in [0.25, 0.3) is 93.5 Å². The number of para-hydroxylation sites is 1. The summed E-state index contributed by atoms with van der Waals surface area (Å²) in [5.41, 5.74) is 16.5. The van der Waals surface area contributed by atoms with Crippen LogP contribution in [0.1, 0.15) is 0 Å². The van der Waals surface area contributed by atoms with Gasteiger partial charge in [-0.3, -0.25) is 0 Å². The maximum absolute atomic E-state index is 2.42. The van der Waals surface area contributed by atoms with E-state index < -0.39 is 0 Å². The summed E-state index contributed by atoms with van der Waals surface area (Å²) in [5, 5.41) is 7.36. The highest BCUT2D eigenvalue weighted by Crippen LogP contribution is 2.42. The minimum Gasteiger partial charge on any atom is -0.310 e. The van der Waals surface area contributed by atoms with E-state index in [0.29, 0.717) is 0 Å². The van der Waals surface area contributed by atoms with Crippen LogP contribution in [-0.2, 0) is 0 Å². The second kappa shape index (κ2) is 15.8. The lowest BCUT2D eigenvalue weighted by molar-refractivity contribution is 1.18. The third kappa shape index (κ3) is 6.61. The Bertz CT molecular complexity index is 3650. The van der Waals surface area contributed by atoms with Crippen molar-refractivity contribution in [2.45, 2.75) is 0 Å². The highest BCUT2D eigenvalue weighted by molar-refractivity contribution is 6.10. The molecule has 0 fully saturated rings. The highest BCUT2D eigenvalue weighted by atomic mass is 15.1. The van der Waals surface area contributed by atoms with E-state index in [9.17, 15) is 0 Å². The van der Waals surface area contributed by atoms with Gasteiger partial charge in [-0.15, -0.1) is 0 Å². The Morgan fingerprint density at radius 2 is 0.812 bits per heavy atom. The fourth-order valence-electron chi connectivity index (χ4n) is 9.65. The van der Waals surface area contributed by atoms with Gasteiger partial charge in [0.05, 0.1) is 16.7 Å². The van der Waals surface area contributed by atoms with Crippen molar-refractivity contribution in [3.8, 4) is 50.2 Å². The van der Waals surface area contributed by atoms with Crippen LogP contribution in [-0.4, -0.2) is 4.57 Å². The molecule has 0 saturated heterocycles. The van der Waals surface area contributed by atoms with Crippen LogP contribution >= 0.6 is 0 Å². The number of hydrogen-bond donors (Lipinski definition) is 0. The third-order valence-electron chi connectivity index (χ3n) is 12.8. The quantitative estimate of drug-likeness (QED) is 0.148. The molecule has 1 aromatic heterocycles. The largest absolute Gasteiger partial charge is 0.310 e. The molecular formula is C62H42N2. The molecule has 0 amide bonds. The van der Waals surface area contributed by atoms with Crippen molar-refractivity contribution in [3.05, 3.63) is 255 Å². The number of anilines is 3. The maximum Gasteiger partial charge on any atom is 0.0547 e. The van der Waals surface area contributed by atoms with Gasteiger partial charge in [-0.1, -0.05) is 194 Å². The van der Waals surface area contributed by atoms with Gasteiger partial charge in [0.2, 0.25) is 0 Å². The Hall–Kier alpha value is -8.46. The van der Waals surface area contributed by atoms with Crippen molar-refractivity contribution in [1.29, 1.82) is 0 Å². The van der Waals surface area contributed by atoms with Gasteiger partial charge in [-0.25, -0.2) is 0 Å². The van der Waals surface area contributed by atoms with E-state index in [1.807, 2.05) is 0 Å². The first-order valence-electron chi connectivity index (χ1n) is 22.0. The second-order valence-electron chi connectivity index (χ2n) is 16.5. The summed E-state index contributed by atoms with van der Waals surface area (Å²) in [6.45, 7) is 0. The Morgan fingerprint density at radius 1 is 0.266 bits per heavy atom. The van der Waals surface area contributed by atoms with Crippen LogP contribution in [0.5, 0.6) is 0 Å². The van der Waals surface area contributed by atoms with E-state index in [-0.39, 0.29) is 0 Å². The van der Waals surface area contributed by atoms with Gasteiger partial charge in [0.15, 0.2) is 0 Å². The lowest BCUT2D eigenvalue weighted by Crippen LogP contribution is -2.10. The summed E-state index contributed by atoms with van der Waals surface area (Å²) in [5.74, 6) is 0. The van der Waals surface area contributed by atoms with Crippen molar-refractivity contribution in [2.24, 2.45) is 0 Å². The molecule has 1 heterocycles. The predicted molar refractivity (Wildman–Crippen MR) is 272 cm³/mol. The fraction of sp³-hybridized carbons (Fsp3) is 0. The molecule has 2 heteroatoms. The molecule has 64 heavy (non-hydrogen) atoms. The molecule has 300 valence electrons. The van der Waals surface area contributed by atoms with Crippen molar-refractivity contribution in [2.75, 3.05) is 4.90 Å². The van der Waals surface area contributed by atoms with Gasteiger partial charge in [-0.05, 0) is 121 Å². The minimum atomic E-state index is 1.11. The van der Waals surface area contributed by atoms with Crippen molar-refractivity contribution in [3.63, 3.8) is 0 Å². The summed E-state index contributed by atoms with van der Waals surface area (Å²) in [7, 11) is 0. The minimum absolute atomic E-state index is 1.11. The zero-order chi connectivity index (χ0) is 42.4. The van der Waals surface area contributed by atoms with Crippen LogP contribution in [0.15, 0.2) is 255 Å². The summed E-state index contributed by atoms with van der Waals surface area (Å²) in [6, 6.07) is 92.7. The molecule has 0 N–H and O–H groups in total. The van der Waals surface area contributed by atoms with Crippen LogP contribution in [0.3, 0.4) is 0 Å². The predicted octanol–water partition coefficient (Wildman–Crippen LogP) is 17.2. The number of hydrogen-bond acceptors (Lipinski definition) is 1. The Morgan fingerprint density at radius 3 is 1.61 bits per heavy atom. The smallest absolute Gasteiger partial charge is 0.0547 e. The zero-order valence-electron chi connectivity index (χ0n) is 35.1. The highest BCUT2D eigenvalue weighted by Gasteiger charge is 2.18. The van der Waals surface area contributed by atoms with E-state index in [1.165, 1.54) is 87.9 Å². The molecule has 0 aliphatic heterocycles. The van der Waals surface area contributed by atoms with Gasteiger partial charge < -0.3 is 9.47 Å². The first-order chi connectivity index (χ1) is 31.7. The van der Waals surface area contributed by atoms with E-state index in [2.05, 4.69) is 264 Å². The van der Waals surface area contributed by atoms with E-state index >= 15 is 0 Å². The second-order valence-corrected chi connectivity index (χ2v) is 16.5. The molecular weight excluding hydrogens is 773 g/mol. The van der Waals surface area contributed by atoms with Gasteiger partial charge in [-0.2, -0.15) is 0 Å². The number of aromatic nitrogens is 1. The maximum atomic E-state index is 2.42. The molecule has 0 spiro atoms. The van der Waals surface area contributed by atoms with E-state index in [4.69, 9.17) is 0 Å². The summed E-state index contributed by atoms with van der Waals surface area (Å²) in [6.07, 6.45) is 0. The van der Waals surface area contributed by atoms with Gasteiger partial charge >= 0.3 is 0 Å². The lowest BCUT2D eigenvalue weighted by atomic mass is 9.93. The summed E-state index contributed by atoms with van der Waals surface area (Å²) >= 11 is 0. The van der Waals surface area contributed by atoms with Crippen LogP contribution < -0.4 is 4.90 Å². The van der Waals surface area contributed by atoms with Gasteiger partial charge in [0, 0.05) is 33.2 Å². The third-order valence-corrected chi connectivity index (χ3v) is 12.8. The molecule has 0 saturated carbocycles. The first kappa shape index (κ1) is 37.3. The topological polar surface area (TPSA) is 8.17 Å². The number of rotatable bonds is 8. The fourth-order valence-corrected chi connectivity index (χ4v) is 9.65. The van der Waals surface area contributed by atoms with Crippen molar-refractivity contribution >= 4 is 60.4 Å². The number of fused-ring (bicyclic) bond motifs is 5. The molecule has 0 radical (unpaired) electrons. The molecule has 2 nitrogen and oxygen atoms in total. The molecule has 12 rings (SSSR count). The Balaban J connectivity index is 0.930. The van der Waals surface area contributed by atoms with Crippen molar-refractivity contribution in [1.82, 2.24) is 4.57 Å². The Labute approximate surface area is 373 Å². The summed E-state index contributed by atoms with van der Waals surface area (Å²) < 4.78 is 2.42. The average Bonchev–Trinajstić information content (AvgIpc) is 3.71. The first-order valence-corrected chi connectivity index (χ1v) is 22.0. The molecule has 0 unspecified atom stereocenters.